The Kier molecular flexibility index (Phi) is 3.94. The molecule has 0 bridgehead atoms. The van der Waals surface area contributed by atoms with E-state index in [4.69, 9.17) is 0 Å². The normalized spacial score (nSPS) is 14.9. The number of halogens is 2. The van der Waals surface area contributed by atoms with E-state index in [0.717, 1.165) is 24.9 Å². The third-order valence-corrected chi connectivity index (χ3v) is 3.01. The summed E-state index contributed by atoms with van der Waals surface area (Å²) in [7, 11) is 1.73. The number of hydrogen-bond donors (Lipinski definition) is 1. The number of anilines is 1. The van der Waals surface area contributed by atoms with Crippen molar-refractivity contribution in [1.82, 2.24) is 4.90 Å². The van der Waals surface area contributed by atoms with Gasteiger partial charge in [0.15, 0.2) is 0 Å². The van der Waals surface area contributed by atoms with Crippen molar-refractivity contribution in [1.29, 1.82) is 0 Å². The van der Waals surface area contributed by atoms with Crippen LogP contribution in [0, 0.1) is 0 Å². The molecule has 1 aliphatic heterocycles. The molecule has 0 atom stereocenters. The number of benzene rings is 1. The van der Waals surface area contributed by atoms with E-state index < -0.39 is 6.43 Å². The van der Waals surface area contributed by atoms with Crippen LogP contribution in [0.2, 0.25) is 0 Å². The van der Waals surface area contributed by atoms with Gasteiger partial charge in [-0.05, 0) is 37.1 Å². The first-order valence-electron chi connectivity index (χ1n) is 5.97. The highest BCUT2D eigenvalue weighted by atomic mass is 19.3. The van der Waals surface area contributed by atoms with Crippen LogP contribution in [-0.2, 0) is 13.0 Å². The Labute approximate surface area is 101 Å². The van der Waals surface area contributed by atoms with Gasteiger partial charge < -0.3 is 5.32 Å². The average Bonchev–Trinajstić information content (AvgIpc) is 2.27. The van der Waals surface area contributed by atoms with Crippen LogP contribution >= 0.6 is 0 Å². The lowest BCUT2D eigenvalue weighted by Gasteiger charge is -2.21. The number of hydrogen-bond acceptors (Lipinski definition) is 2. The van der Waals surface area contributed by atoms with E-state index in [0.29, 0.717) is 6.54 Å². The third-order valence-electron chi connectivity index (χ3n) is 3.01. The fourth-order valence-corrected chi connectivity index (χ4v) is 2.24. The van der Waals surface area contributed by atoms with Crippen LogP contribution in [0.3, 0.4) is 0 Å². The number of rotatable bonds is 4. The van der Waals surface area contributed by atoms with Gasteiger partial charge in [0.25, 0.3) is 6.43 Å². The molecule has 0 aromatic heterocycles. The molecule has 1 heterocycles. The van der Waals surface area contributed by atoms with Gasteiger partial charge in [-0.2, -0.15) is 0 Å². The molecule has 0 saturated heterocycles. The summed E-state index contributed by atoms with van der Waals surface area (Å²) in [5.74, 6) is 0. The summed E-state index contributed by atoms with van der Waals surface area (Å²) < 4.78 is 24.4. The van der Waals surface area contributed by atoms with Gasteiger partial charge in [-0.15, -0.1) is 0 Å². The zero-order valence-corrected chi connectivity index (χ0v) is 10.0. The topological polar surface area (TPSA) is 15.3 Å². The predicted octanol–water partition coefficient (Wildman–Crippen LogP) is 2.74. The maximum Gasteiger partial charge on any atom is 0.251 e. The number of nitrogens with zero attached hydrogens (tertiary/aromatic N) is 1. The van der Waals surface area contributed by atoms with Crippen molar-refractivity contribution in [3.8, 4) is 0 Å². The number of alkyl halides is 2. The van der Waals surface area contributed by atoms with Gasteiger partial charge in [0.2, 0.25) is 0 Å². The van der Waals surface area contributed by atoms with Crippen LogP contribution in [0.15, 0.2) is 18.2 Å². The molecule has 0 spiro atoms. The van der Waals surface area contributed by atoms with E-state index in [1.54, 1.807) is 11.9 Å². The Morgan fingerprint density at radius 1 is 1.41 bits per heavy atom. The van der Waals surface area contributed by atoms with E-state index >= 15 is 0 Å². The molecule has 1 aliphatic rings. The highest BCUT2D eigenvalue weighted by molar-refractivity contribution is 5.54. The molecule has 0 radical (unpaired) electrons. The molecule has 1 N–H and O–H groups in total. The van der Waals surface area contributed by atoms with Gasteiger partial charge in [0.05, 0.1) is 6.54 Å². The lowest BCUT2D eigenvalue weighted by Crippen LogP contribution is -2.24. The monoisotopic (exact) mass is 240 g/mol. The van der Waals surface area contributed by atoms with Crippen LogP contribution in [0.1, 0.15) is 17.5 Å². The van der Waals surface area contributed by atoms with Crippen molar-refractivity contribution in [3.63, 3.8) is 0 Å². The Bertz CT molecular complexity index is 380. The highest BCUT2D eigenvalue weighted by Gasteiger charge is 2.11. The first-order chi connectivity index (χ1) is 8.15. The van der Waals surface area contributed by atoms with Gasteiger partial charge >= 0.3 is 0 Å². The number of nitrogens with one attached hydrogen (secondary N) is 1. The molecule has 0 amide bonds. The molecule has 0 aliphatic carbocycles. The van der Waals surface area contributed by atoms with Crippen molar-refractivity contribution in [2.75, 3.05) is 25.5 Å². The van der Waals surface area contributed by atoms with Crippen molar-refractivity contribution in [2.45, 2.75) is 25.8 Å². The quantitative estimate of drug-likeness (QED) is 0.870. The fraction of sp³-hybridized carbons (Fsp3) is 0.538. The standard InChI is InChI=1S/C13H18F2N2/c1-17(9-13(14)15)8-10-4-5-12-11(7-10)3-2-6-16-12/h4-5,7,13,16H,2-3,6,8-9H2,1H3. The third kappa shape index (κ3) is 3.40. The minimum atomic E-state index is -2.26. The molecule has 0 unspecified atom stereocenters. The Morgan fingerprint density at radius 2 is 2.24 bits per heavy atom. The Balaban J connectivity index is 2.01. The van der Waals surface area contributed by atoms with E-state index in [2.05, 4.69) is 17.4 Å². The molecule has 2 rings (SSSR count). The van der Waals surface area contributed by atoms with Gasteiger partial charge in [0.1, 0.15) is 0 Å². The van der Waals surface area contributed by atoms with Gasteiger partial charge in [-0.3, -0.25) is 4.90 Å². The van der Waals surface area contributed by atoms with E-state index in [1.165, 1.54) is 11.3 Å². The summed E-state index contributed by atoms with van der Waals surface area (Å²) in [6.07, 6.45) is -0.0442. The second-order valence-corrected chi connectivity index (χ2v) is 4.61. The zero-order chi connectivity index (χ0) is 12.3. The summed E-state index contributed by atoms with van der Waals surface area (Å²) in [6.45, 7) is 1.44. The summed E-state index contributed by atoms with van der Waals surface area (Å²) in [5, 5.41) is 3.34. The Morgan fingerprint density at radius 3 is 3.00 bits per heavy atom. The van der Waals surface area contributed by atoms with Gasteiger partial charge in [-0.1, -0.05) is 12.1 Å². The molecule has 1 aromatic rings. The van der Waals surface area contributed by atoms with Crippen molar-refractivity contribution in [2.24, 2.45) is 0 Å². The van der Waals surface area contributed by atoms with E-state index in [9.17, 15) is 8.78 Å². The SMILES string of the molecule is CN(Cc1ccc2c(c1)CCCN2)CC(F)F. The minimum Gasteiger partial charge on any atom is -0.385 e. The second-order valence-electron chi connectivity index (χ2n) is 4.61. The molecular formula is C13H18F2N2. The zero-order valence-electron chi connectivity index (χ0n) is 10.0. The molecular weight excluding hydrogens is 222 g/mol. The molecule has 0 fully saturated rings. The summed E-state index contributed by atoms with van der Waals surface area (Å²) in [6, 6.07) is 6.20. The van der Waals surface area contributed by atoms with Crippen molar-refractivity contribution in [3.05, 3.63) is 29.3 Å². The van der Waals surface area contributed by atoms with Crippen molar-refractivity contribution < 1.29 is 8.78 Å². The lowest BCUT2D eigenvalue weighted by molar-refractivity contribution is 0.0975. The smallest absolute Gasteiger partial charge is 0.251 e. The van der Waals surface area contributed by atoms with Gasteiger partial charge in [0, 0.05) is 18.8 Å². The summed E-state index contributed by atoms with van der Waals surface area (Å²) in [4.78, 5) is 1.66. The molecule has 94 valence electrons. The fourth-order valence-electron chi connectivity index (χ4n) is 2.24. The van der Waals surface area contributed by atoms with Crippen LogP contribution < -0.4 is 5.32 Å². The predicted molar refractivity (Wildman–Crippen MR) is 65.6 cm³/mol. The second kappa shape index (κ2) is 5.45. The lowest BCUT2D eigenvalue weighted by atomic mass is 10.0. The Hall–Kier alpha value is -1.16. The van der Waals surface area contributed by atoms with Crippen molar-refractivity contribution >= 4 is 5.69 Å². The van der Waals surface area contributed by atoms with Crippen LogP contribution in [-0.4, -0.2) is 31.5 Å². The number of fused-ring (bicyclic) bond motifs is 1. The van der Waals surface area contributed by atoms with E-state index in [1.807, 2.05) is 6.07 Å². The van der Waals surface area contributed by atoms with Crippen LogP contribution in [0.5, 0.6) is 0 Å². The van der Waals surface area contributed by atoms with Crippen LogP contribution in [0.25, 0.3) is 0 Å². The number of aryl methyl sites for hydroxylation is 1. The highest BCUT2D eigenvalue weighted by Crippen LogP contribution is 2.23. The maximum absolute atomic E-state index is 12.2. The molecule has 1 aromatic carbocycles. The minimum absolute atomic E-state index is 0.171. The first-order valence-corrected chi connectivity index (χ1v) is 5.97. The molecule has 17 heavy (non-hydrogen) atoms. The summed E-state index contributed by atoms with van der Waals surface area (Å²) >= 11 is 0. The average molecular weight is 240 g/mol. The molecule has 2 nitrogen and oxygen atoms in total. The van der Waals surface area contributed by atoms with Crippen LogP contribution in [0.4, 0.5) is 14.5 Å². The largest absolute Gasteiger partial charge is 0.385 e. The van der Waals surface area contributed by atoms with E-state index in [-0.39, 0.29) is 6.54 Å². The summed E-state index contributed by atoms with van der Waals surface area (Å²) in [5.41, 5.74) is 3.60. The molecule has 0 saturated carbocycles. The van der Waals surface area contributed by atoms with Gasteiger partial charge in [-0.25, -0.2) is 8.78 Å². The maximum atomic E-state index is 12.2. The molecule has 4 heteroatoms. The first kappa shape index (κ1) is 12.3.